The van der Waals surface area contributed by atoms with Crippen LogP contribution in [0.2, 0.25) is 5.02 Å². The summed E-state index contributed by atoms with van der Waals surface area (Å²) in [6.07, 6.45) is 1.32. The number of halogens is 4. The van der Waals surface area contributed by atoms with E-state index in [2.05, 4.69) is 16.0 Å². The molecule has 44 heavy (non-hydrogen) atoms. The van der Waals surface area contributed by atoms with Gasteiger partial charge in [0.15, 0.2) is 0 Å². The number of carbonyl (C=O) groups is 4. The number of nitrogens with one attached hydrogen (secondary N) is 3. The average Bonchev–Trinajstić information content (AvgIpc) is 3.35. The number of hydrogen-bond donors (Lipinski definition) is 3. The van der Waals surface area contributed by atoms with Crippen LogP contribution in [-0.4, -0.2) is 71.8 Å². The molecule has 13 heteroatoms. The number of hydrogen-bond acceptors (Lipinski definition) is 6. The van der Waals surface area contributed by atoms with Crippen LogP contribution >= 0.6 is 11.6 Å². The van der Waals surface area contributed by atoms with Crippen LogP contribution in [0.1, 0.15) is 59.3 Å². The maximum Gasteiger partial charge on any atom is 0.366 e. The Morgan fingerprint density at radius 1 is 1.23 bits per heavy atom. The number of ether oxygens (including phenoxy) is 1. The van der Waals surface area contributed by atoms with Crippen molar-refractivity contribution in [1.82, 2.24) is 15.5 Å². The summed E-state index contributed by atoms with van der Waals surface area (Å²) in [5.74, 6) is -9.42. The minimum absolute atomic E-state index is 0.0266. The number of fused-ring (bicyclic) bond motifs is 3. The van der Waals surface area contributed by atoms with Crippen molar-refractivity contribution in [3.8, 4) is 0 Å². The maximum absolute atomic E-state index is 15.3. The first-order valence-corrected chi connectivity index (χ1v) is 15.5. The van der Waals surface area contributed by atoms with E-state index in [0.717, 1.165) is 6.08 Å². The van der Waals surface area contributed by atoms with Crippen LogP contribution in [-0.2, 0) is 23.9 Å². The van der Waals surface area contributed by atoms with Crippen molar-refractivity contribution in [2.75, 3.05) is 18.5 Å². The van der Waals surface area contributed by atoms with Crippen LogP contribution < -0.4 is 16.0 Å². The van der Waals surface area contributed by atoms with Gasteiger partial charge in [-0.1, -0.05) is 31.5 Å². The van der Waals surface area contributed by atoms with E-state index in [1.54, 1.807) is 24.3 Å². The summed E-state index contributed by atoms with van der Waals surface area (Å²) in [7, 11) is 0. The summed E-state index contributed by atoms with van der Waals surface area (Å²) in [6.45, 7) is 5.67. The Bertz CT molecular complexity index is 1280. The van der Waals surface area contributed by atoms with Crippen LogP contribution in [0.4, 0.5) is 18.9 Å². The lowest BCUT2D eigenvalue weighted by atomic mass is 9.71. The van der Waals surface area contributed by atoms with E-state index in [1.165, 1.54) is 11.8 Å². The molecule has 9 nitrogen and oxygen atoms in total. The first-order chi connectivity index (χ1) is 20.8. The number of alkyl halides is 2. The monoisotopic (exact) mass is 640 g/mol. The van der Waals surface area contributed by atoms with Crippen molar-refractivity contribution < 1.29 is 37.1 Å². The van der Waals surface area contributed by atoms with Gasteiger partial charge in [-0.3, -0.25) is 14.4 Å². The zero-order valence-corrected chi connectivity index (χ0v) is 25.8. The molecule has 0 radical (unpaired) electrons. The number of carbonyl (C=O) groups excluding carboxylic acids is 4. The van der Waals surface area contributed by atoms with Gasteiger partial charge in [0.05, 0.1) is 18.6 Å². The SMILES string of the molecule is CCOC(=O)/C(F)=C/[C@H](C[C@H]1CCNC1=O)NC(=O)[C@@H]1[C@@H]2CC[C@@H](CC2(F)F)N1C(=O)[C@@H](CC(C)C)Nc1cccc(Cl)c1. The number of anilines is 1. The molecule has 1 saturated carbocycles. The van der Waals surface area contributed by atoms with Gasteiger partial charge in [0.1, 0.15) is 12.1 Å². The lowest BCUT2D eigenvalue weighted by Gasteiger charge is -2.54. The number of rotatable bonds is 12. The second-order valence-electron chi connectivity index (χ2n) is 12.2. The molecule has 3 amide bonds. The summed E-state index contributed by atoms with van der Waals surface area (Å²) in [4.78, 5) is 53.7. The number of benzene rings is 1. The second-order valence-corrected chi connectivity index (χ2v) is 12.6. The van der Waals surface area contributed by atoms with E-state index in [4.69, 9.17) is 16.3 Å². The number of piperidine rings is 2. The molecule has 0 spiro atoms. The van der Waals surface area contributed by atoms with E-state index in [-0.39, 0.29) is 31.3 Å². The van der Waals surface area contributed by atoms with Crippen molar-refractivity contribution in [3.63, 3.8) is 0 Å². The van der Waals surface area contributed by atoms with Gasteiger partial charge in [0, 0.05) is 35.6 Å². The van der Waals surface area contributed by atoms with E-state index in [9.17, 15) is 23.6 Å². The predicted octanol–water partition coefficient (Wildman–Crippen LogP) is 4.61. The van der Waals surface area contributed by atoms with E-state index in [1.807, 2.05) is 13.8 Å². The van der Waals surface area contributed by atoms with Crippen molar-refractivity contribution in [3.05, 3.63) is 41.2 Å². The highest BCUT2D eigenvalue weighted by Gasteiger charge is 2.61. The van der Waals surface area contributed by atoms with E-state index < -0.39 is 72.0 Å². The Morgan fingerprint density at radius 3 is 2.59 bits per heavy atom. The highest BCUT2D eigenvalue weighted by Crippen LogP contribution is 2.49. The zero-order chi connectivity index (χ0) is 32.2. The quantitative estimate of drug-likeness (QED) is 0.227. The normalized spacial score (nSPS) is 25.8. The van der Waals surface area contributed by atoms with E-state index >= 15 is 8.78 Å². The standard InChI is InChI=1S/C31H40ClF3N4O5/c1-4-44-30(43)24(33)15-21(13-18-10-11-36-27(18)40)38-28(41)26-23-9-8-22(16-31(23,34)35)39(26)29(42)25(12-17(2)3)37-20-7-5-6-19(32)14-20/h5-7,14-15,17-18,21-23,25-26,37H,4,8-13,16H2,1-3H3,(H,36,40)(H,38,41)/b24-15-/t18-,21+,22+,23+,25-,26+/m1/s1. The number of nitrogens with zero attached hydrogens (tertiary/aromatic N) is 1. The van der Waals surface area contributed by atoms with Gasteiger partial charge in [0.2, 0.25) is 23.5 Å². The van der Waals surface area contributed by atoms with Gasteiger partial charge in [0.25, 0.3) is 5.92 Å². The molecular weight excluding hydrogens is 601 g/mol. The minimum atomic E-state index is -3.21. The largest absolute Gasteiger partial charge is 0.461 e. The molecule has 3 N–H and O–H groups in total. The van der Waals surface area contributed by atoms with Crippen LogP contribution in [0, 0.1) is 17.8 Å². The van der Waals surface area contributed by atoms with Gasteiger partial charge in [-0.15, -0.1) is 0 Å². The molecular formula is C31H40ClF3N4O5. The fourth-order valence-corrected chi connectivity index (χ4v) is 6.72. The highest BCUT2D eigenvalue weighted by molar-refractivity contribution is 6.30. The molecule has 4 fully saturated rings. The third-order valence-corrected chi connectivity index (χ3v) is 8.71. The Morgan fingerprint density at radius 2 is 1.98 bits per heavy atom. The Kier molecular flexibility index (Phi) is 10.9. The van der Waals surface area contributed by atoms with Crippen molar-refractivity contribution >= 4 is 41.0 Å². The highest BCUT2D eigenvalue weighted by atomic mass is 35.5. The van der Waals surface area contributed by atoms with Crippen LogP contribution in [0.5, 0.6) is 0 Å². The Labute approximate surface area is 260 Å². The minimum Gasteiger partial charge on any atom is -0.461 e. The molecule has 3 heterocycles. The second kappa shape index (κ2) is 14.2. The van der Waals surface area contributed by atoms with Gasteiger partial charge in [-0.25, -0.2) is 13.6 Å². The van der Waals surface area contributed by atoms with Crippen molar-refractivity contribution in [2.45, 2.75) is 89.4 Å². The molecule has 4 aliphatic rings. The molecule has 1 aromatic rings. The summed E-state index contributed by atoms with van der Waals surface area (Å²) >= 11 is 6.14. The zero-order valence-electron chi connectivity index (χ0n) is 25.1. The number of esters is 1. The van der Waals surface area contributed by atoms with E-state index in [0.29, 0.717) is 36.5 Å². The van der Waals surface area contributed by atoms with Gasteiger partial charge >= 0.3 is 5.97 Å². The molecule has 6 atom stereocenters. The molecule has 0 unspecified atom stereocenters. The summed E-state index contributed by atoms with van der Waals surface area (Å²) in [5.41, 5.74) is 0.569. The first-order valence-electron chi connectivity index (χ1n) is 15.1. The molecule has 3 aliphatic heterocycles. The smallest absolute Gasteiger partial charge is 0.366 e. The Balaban J connectivity index is 1.65. The van der Waals surface area contributed by atoms with Crippen molar-refractivity contribution in [1.29, 1.82) is 0 Å². The van der Waals surface area contributed by atoms with Gasteiger partial charge in [-0.2, -0.15) is 4.39 Å². The lowest BCUT2D eigenvalue weighted by Crippen LogP contribution is -2.70. The van der Waals surface area contributed by atoms with Crippen LogP contribution in [0.15, 0.2) is 36.2 Å². The topological polar surface area (TPSA) is 117 Å². The molecule has 2 bridgehead atoms. The third-order valence-electron chi connectivity index (χ3n) is 8.48. The van der Waals surface area contributed by atoms with Gasteiger partial charge in [-0.05, 0) is 69.2 Å². The predicted molar refractivity (Wildman–Crippen MR) is 159 cm³/mol. The molecule has 242 valence electrons. The van der Waals surface area contributed by atoms with Crippen LogP contribution in [0.3, 0.4) is 0 Å². The fraction of sp³-hybridized carbons (Fsp3) is 0.613. The summed E-state index contributed by atoms with van der Waals surface area (Å²) in [5, 5.41) is 8.90. The fourth-order valence-electron chi connectivity index (χ4n) is 6.53. The van der Waals surface area contributed by atoms with Crippen molar-refractivity contribution in [2.24, 2.45) is 17.8 Å². The lowest BCUT2D eigenvalue weighted by molar-refractivity contribution is -0.194. The van der Waals surface area contributed by atoms with Crippen LogP contribution in [0.25, 0.3) is 0 Å². The van der Waals surface area contributed by atoms with Gasteiger partial charge < -0.3 is 25.6 Å². The molecule has 0 aromatic heterocycles. The molecule has 5 rings (SSSR count). The maximum atomic E-state index is 15.3. The summed E-state index contributed by atoms with van der Waals surface area (Å²) < 4.78 is 50.1. The number of amides is 3. The summed E-state index contributed by atoms with van der Waals surface area (Å²) in [6, 6.07) is 2.33. The third kappa shape index (κ3) is 7.86. The first kappa shape index (κ1) is 33.6. The molecule has 3 saturated heterocycles. The molecule has 1 aromatic carbocycles. The molecule has 1 aliphatic carbocycles. The average molecular weight is 641 g/mol. The Hall–Kier alpha value is -3.28.